The van der Waals surface area contributed by atoms with E-state index in [0.29, 0.717) is 0 Å². The Hall–Kier alpha value is -0.261. The summed E-state index contributed by atoms with van der Waals surface area (Å²) in [5.41, 5.74) is 0. The number of hydrogen-bond donors (Lipinski definition) is 2. The molecule has 0 rings (SSSR count). The SMILES string of the molecule is CCCCCCCCC(CCCCCC)C(=O)O.CCCCCCCCC(CCCCCC)C(=O)O.[Sn]. The van der Waals surface area contributed by atoms with Crippen molar-refractivity contribution in [3.05, 3.63) is 0 Å². The molecular formula is C32H64O4Sn. The molecule has 0 aliphatic rings. The van der Waals surface area contributed by atoms with Crippen LogP contribution in [-0.4, -0.2) is 46.1 Å². The van der Waals surface area contributed by atoms with Gasteiger partial charge >= 0.3 is 11.9 Å². The summed E-state index contributed by atoms with van der Waals surface area (Å²) in [5, 5.41) is 18.3. The van der Waals surface area contributed by atoms with Crippen LogP contribution >= 0.6 is 0 Å². The van der Waals surface area contributed by atoms with Crippen LogP contribution in [0.3, 0.4) is 0 Å². The second-order valence-electron chi connectivity index (χ2n) is 10.9. The van der Waals surface area contributed by atoms with E-state index in [9.17, 15) is 19.8 Å². The fraction of sp³-hybridized carbons (Fsp3) is 0.938. The molecule has 2 unspecified atom stereocenters. The number of carbonyl (C=O) groups is 2. The van der Waals surface area contributed by atoms with Crippen LogP contribution < -0.4 is 0 Å². The van der Waals surface area contributed by atoms with Gasteiger partial charge in [0.15, 0.2) is 0 Å². The number of carboxylic acids is 2. The van der Waals surface area contributed by atoms with E-state index in [1.54, 1.807) is 0 Å². The van der Waals surface area contributed by atoms with Crippen molar-refractivity contribution in [3.63, 3.8) is 0 Å². The summed E-state index contributed by atoms with van der Waals surface area (Å²) >= 11 is 0. The van der Waals surface area contributed by atoms with Crippen LogP contribution in [0.1, 0.15) is 182 Å². The Morgan fingerprint density at radius 2 is 0.595 bits per heavy atom. The monoisotopic (exact) mass is 632 g/mol. The summed E-state index contributed by atoms with van der Waals surface area (Å²) in [6, 6.07) is 0. The van der Waals surface area contributed by atoms with Crippen LogP contribution in [0.4, 0.5) is 0 Å². The Morgan fingerprint density at radius 1 is 0.405 bits per heavy atom. The molecule has 4 radical (unpaired) electrons. The van der Waals surface area contributed by atoms with Gasteiger partial charge in [0.05, 0.1) is 11.8 Å². The van der Waals surface area contributed by atoms with Gasteiger partial charge in [-0.2, -0.15) is 0 Å². The molecule has 2 atom stereocenters. The third kappa shape index (κ3) is 31.9. The minimum atomic E-state index is -0.583. The molecule has 0 aromatic heterocycles. The topological polar surface area (TPSA) is 74.6 Å². The van der Waals surface area contributed by atoms with Gasteiger partial charge in [-0.25, -0.2) is 0 Å². The van der Waals surface area contributed by atoms with Gasteiger partial charge in [0.1, 0.15) is 0 Å². The summed E-state index contributed by atoms with van der Waals surface area (Å²) in [5.74, 6) is -1.35. The Kier molecular flexibility index (Phi) is 37.6. The Labute approximate surface area is 248 Å². The Morgan fingerprint density at radius 3 is 0.811 bits per heavy atom. The van der Waals surface area contributed by atoms with E-state index in [4.69, 9.17) is 0 Å². The number of unbranched alkanes of at least 4 members (excludes halogenated alkanes) is 16. The molecule has 0 amide bonds. The number of rotatable bonds is 26. The van der Waals surface area contributed by atoms with Gasteiger partial charge < -0.3 is 10.2 Å². The maximum absolute atomic E-state index is 11.1. The average molecular weight is 632 g/mol. The fourth-order valence-electron chi connectivity index (χ4n) is 4.76. The van der Waals surface area contributed by atoms with E-state index in [2.05, 4.69) is 27.7 Å². The first-order chi connectivity index (χ1) is 17.4. The molecule has 2 N–H and O–H groups in total. The first kappa shape index (κ1) is 41.2. The molecule has 0 saturated heterocycles. The number of carboxylic acid groups (broad SMARTS) is 2. The molecule has 0 fully saturated rings. The van der Waals surface area contributed by atoms with E-state index in [1.807, 2.05) is 0 Å². The minimum Gasteiger partial charge on any atom is -0.481 e. The van der Waals surface area contributed by atoms with Crippen LogP contribution in [0.2, 0.25) is 0 Å². The van der Waals surface area contributed by atoms with Crippen molar-refractivity contribution in [2.75, 3.05) is 0 Å². The summed E-state index contributed by atoms with van der Waals surface area (Å²) in [7, 11) is 0. The second kappa shape index (κ2) is 33.8. The Balaban J connectivity index is -0.000000608. The third-order valence-electron chi connectivity index (χ3n) is 7.32. The average Bonchev–Trinajstić information content (AvgIpc) is 2.86. The van der Waals surface area contributed by atoms with Crippen LogP contribution in [0.5, 0.6) is 0 Å². The molecule has 0 aliphatic carbocycles. The van der Waals surface area contributed by atoms with Gasteiger partial charge in [0.25, 0.3) is 0 Å². The molecule has 0 aliphatic heterocycles. The third-order valence-corrected chi connectivity index (χ3v) is 7.32. The molecule has 0 heterocycles. The van der Waals surface area contributed by atoms with Crippen molar-refractivity contribution in [2.24, 2.45) is 11.8 Å². The summed E-state index contributed by atoms with van der Waals surface area (Å²) in [4.78, 5) is 22.3. The zero-order valence-corrected chi connectivity index (χ0v) is 28.2. The van der Waals surface area contributed by atoms with E-state index >= 15 is 0 Å². The van der Waals surface area contributed by atoms with Gasteiger partial charge in [-0.05, 0) is 25.7 Å². The van der Waals surface area contributed by atoms with Crippen molar-refractivity contribution < 1.29 is 19.8 Å². The zero-order chi connectivity index (χ0) is 27.3. The van der Waals surface area contributed by atoms with Gasteiger partial charge in [-0.3, -0.25) is 9.59 Å². The van der Waals surface area contributed by atoms with E-state index < -0.39 is 11.9 Å². The molecule has 0 aromatic carbocycles. The standard InChI is InChI=1S/2C16H32O2.Sn/c2*1-3-5-7-9-10-12-14-15(16(17)18)13-11-8-6-4-2;/h2*15H,3-14H2,1-2H3,(H,17,18);. The smallest absolute Gasteiger partial charge is 0.306 e. The molecule has 4 nitrogen and oxygen atoms in total. The molecule has 0 bridgehead atoms. The van der Waals surface area contributed by atoms with Crippen molar-refractivity contribution in [2.45, 2.75) is 182 Å². The van der Waals surface area contributed by atoms with Crippen LogP contribution in [0.15, 0.2) is 0 Å². The molecule has 0 saturated carbocycles. The summed E-state index contributed by atoms with van der Waals surface area (Å²) < 4.78 is 0. The van der Waals surface area contributed by atoms with E-state index in [-0.39, 0.29) is 35.7 Å². The van der Waals surface area contributed by atoms with Crippen molar-refractivity contribution >= 4 is 35.8 Å². The van der Waals surface area contributed by atoms with Crippen molar-refractivity contribution in [1.29, 1.82) is 0 Å². The molecule has 0 aromatic rings. The van der Waals surface area contributed by atoms with Gasteiger partial charge in [-0.15, -0.1) is 0 Å². The molecular weight excluding hydrogens is 567 g/mol. The van der Waals surface area contributed by atoms with Crippen LogP contribution in [-0.2, 0) is 9.59 Å². The van der Waals surface area contributed by atoms with Gasteiger partial charge in [-0.1, -0.05) is 156 Å². The molecule has 0 spiro atoms. The van der Waals surface area contributed by atoms with Crippen LogP contribution in [0, 0.1) is 11.8 Å². The van der Waals surface area contributed by atoms with Gasteiger partial charge in [0, 0.05) is 23.9 Å². The Bertz CT molecular complexity index is 428. The fourth-order valence-corrected chi connectivity index (χ4v) is 4.76. The van der Waals surface area contributed by atoms with Gasteiger partial charge in [0.2, 0.25) is 0 Å². The maximum Gasteiger partial charge on any atom is 0.306 e. The predicted octanol–water partition coefficient (Wildman–Crippen LogP) is 10.4. The molecule has 37 heavy (non-hydrogen) atoms. The number of hydrogen-bond acceptors (Lipinski definition) is 2. The first-order valence-electron chi connectivity index (χ1n) is 15.9. The largest absolute Gasteiger partial charge is 0.481 e. The van der Waals surface area contributed by atoms with E-state index in [1.165, 1.54) is 103 Å². The van der Waals surface area contributed by atoms with Crippen molar-refractivity contribution in [3.8, 4) is 0 Å². The maximum atomic E-state index is 11.1. The minimum absolute atomic E-state index is 0. The quantitative estimate of drug-likeness (QED) is 0.0736. The molecule has 5 heteroatoms. The van der Waals surface area contributed by atoms with E-state index in [0.717, 1.165) is 51.4 Å². The van der Waals surface area contributed by atoms with Crippen LogP contribution in [0.25, 0.3) is 0 Å². The molecule has 220 valence electrons. The predicted molar refractivity (Wildman–Crippen MR) is 162 cm³/mol. The summed E-state index contributed by atoms with van der Waals surface area (Å²) in [6.45, 7) is 8.81. The van der Waals surface area contributed by atoms with Crippen molar-refractivity contribution in [1.82, 2.24) is 0 Å². The first-order valence-corrected chi connectivity index (χ1v) is 15.9. The zero-order valence-electron chi connectivity index (χ0n) is 25.3. The summed E-state index contributed by atoms with van der Waals surface area (Å²) in [6.07, 6.45) is 27.9. The normalized spacial score (nSPS) is 12.2. The second-order valence-corrected chi connectivity index (χ2v) is 10.9. The number of aliphatic carboxylic acids is 2.